The molecule has 2 aromatic rings. The molecule has 0 fully saturated rings. The molecule has 0 N–H and O–H groups in total. The molecule has 18 heavy (non-hydrogen) atoms. The first-order valence-corrected chi connectivity index (χ1v) is 6.21. The zero-order valence-corrected chi connectivity index (χ0v) is 10.6. The van der Waals surface area contributed by atoms with Crippen LogP contribution in [0.25, 0.3) is 0 Å². The summed E-state index contributed by atoms with van der Waals surface area (Å²) in [5.74, 6) is 0.715. The number of rotatable bonds is 0. The summed E-state index contributed by atoms with van der Waals surface area (Å²) < 4.78 is 5.62. The molecule has 1 heterocycles. The highest BCUT2D eigenvalue weighted by Crippen LogP contribution is 2.27. The molecule has 0 bridgehead atoms. The predicted molar refractivity (Wildman–Crippen MR) is 72.0 cm³/mol. The van der Waals surface area contributed by atoms with Crippen molar-refractivity contribution in [3.05, 3.63) is 65.2 Å². The first-order chi connectivity index (χ1) is 8.86. The van der Waals surface area contributed by atoms with Gasteiger partial charge in [-0.1, -0.05) is 50.2 Å². The standard InChI is InChI=1S/C14H10O2.C2H6/c15-14-11-6-2-1-5-10(11)9-16-13-8-4-3-7-12(13)14;1-2/h1-8H,9H2;1-2H3. The van der Waals surface area contributed by atoms with Crippen LogP contribution in [0, 0.1) is 0 Å². The molecule has 1 aliphatic rings. The highest BCUT2D eigenvalue weighted by molar-refractivity contribution is 6.11. The summed E-state index contributed by atoms with van der Waals surface area (Å²) in [5.41, 5.74) is 2.34. The Morgan fingerprint density at radius 1 is 0.889 bits per heavy atom. The fraction of sp³-hybridized carbons (Fsp3) is 0.188. The van der Waals surface area contributed by atoms with Crippen molar-refractivity contribution in [2.24, 2.45) is 0 Å². The molecule has 0 amide bonds. The SMILES string of the molecule is CC.O=C1c2ccccc2COc2ccccc21. The Morgan fingerprint density at radius 3 is 2.28 bits per heavy atom. The number of para-hydroxylation sites is 1. The van der Waals surface area contributed by atoms with E-state index in [1.807, 2.05) is 56.3 Å². The second-order valence-corrected chi connectivity index (χ2v) is 3.77. The van der Waals surface area contributed by atoms with Crippen LogP contribution in [-0.4, -0.2) is 5.78 Å². The van der Waals surface area contributed by atoms with E-state index in [1.54, 1.807) is 6.07 Å². The minimum atomic E-state index is 0.0451. The van der Waals surface area contributed by atoms with E-state index in [0.717, 1.165) is 11.1 Å². The third-order valence-electron chi connectivity index (χ3n) is 2.78. The predicted octanol–water partition coefficient (Wildman–Crippen LogP) is 3.84. The van der Waals surface area contributed by atoms with Gasteiger partial charge < -0.3 is 4.74 Å². The molecule has 92 valence electrons. The van der Waals surface area contributed by atoms with Crippen LogP contribution in [0.5, 0.6) is 5.75 Å². The average Bonchev–Trinajstić information content (AvgIpc) is 2.60. The molecule has 0 saturated heterocycles. The van der Waals surface area contributed by atoms with Crippen LogP contribution in [0.1, 0.15) is 35.3 Å². The fourth-order valence-electron chi connectivity index (χ4n) is 1.95. The van der Waals surface area contributed by atoms with Gasteiger partial charge in [0.2, 0.25) is 0 Å². The lowest BCUT2D eigenvalue weighted by molar-refractivity contribution is 0.103. The third kappa shape index (κ3) is 2.14. The van der Waals surface area contributed by atoms with Crippen molar-refractivity contribution in [1.82, 2.24) is 0 Å². The van der Waals surface area contributed by atoms with E-state index < -0.39 is 0 Å². The van der Waals surface area contributed by atoms with Crippen LogP contribution in [-0.2, 0) is 6.61 Å². The van der Waals surface area contributed by atoms with Gasteiger partial charge in [0.05, 0.1) is 5.56 Å². The second kappa shape index (κ2) is 5.50. The number of carbonyl (C=O) groups is 1. The zero-order valence-electron chi connectivity index (χ0n) is 10.6. The summed E-state index contributed by atoms with van der Waals surface area (Å²) in [4.78, 5) is 12.2. The van der Waals surface area contributed by atoms with Crippen molar-refractivity contribution >= 4 is 5.78 Å². The lowest BCUT2D eigenvalue weighted by Crippen LogP contribution is -2.01. The summed E-state index contributed by atoms with van der Waals surface area (Å²) >= 11 is 0. The van der Waals surface area contributed by atoms with Crippen LogP contribution in [0.15, 0.2) is 48.5 Å². The topological polar surface area (TPSA) is 26.3 Å². The summed E-state index contributed by atoms with van der Waals surface area (Å²) in [6, 6.07) is 15.0. The second-order valence-electron chi connectivity index (χ2n) is 3.77. The van der Waals surface area contributed by atoms with Crippen LogP contribution in [0.2, 0.25) is 0 Å². The maximum Gasteiger partial charge on any atom is 0.197 e. The Kier molecular flexibility index (Phi) is 3.78. The van der Waals surface area contributed by atoms with Gasteiger partial charge in [-0.3, -0.25) is 4.79 Å². The molecule has 2 aromatic carbocycles. The Balaban J connectivity index is 0.000000574. The Bertz CT molecular complexity index is 509. The molecule has 0 radical (unpaired) electrons. The number of ketones is 1. The molecule has 0 saturated carbocycles. The molecule has 3 rings (SSSR count). The smallest absolute Gasteiger partial charge is 0.197 e. The van der Waals surface area contributed by atoms with Gasteiger partial charge in [0.1, 0.15) is 12.4 Å². The maximum atomic E-state index is 12.2. The highest BCUT2D eigenvalue weighted by Gasteiger charge is 2.20. The lowest BCUT2D eigenvalue weighted by Gasteiger charge is -2.04. The van der Waals surface area contributed by atoms with Crippen LogP contribution in [0.4, 0.5) is 0 Å². The molecule has 0 aliphatic carbocycles. The first kappa shape index (κ1) is 12.4. The van der Waals surface area contributed by atoms with Gasteiger partial charge in [-0.25, -0.2) is 0 Å². The van der Waals surface area contributed by atoms with E-state index in [2.05, 4.69) is 0 Å². The van der Waals surface area contributed by atoms with Crippen LogP contribution < -0.4 is 4.74 Å². The molecule has 0 spiro atoms. The molecular weight excluding hydrogens is 224 g/mol. The van der Waals surface area contributed by atoms with E-state index >= 15 is 0 Å². The summed E-state index contributed by atoms with van der Waals surface area (Å²) in [5, 5.41) is 0. The van der Waals surface area contributed by atoms with E-state index in [4.69, 9.17) is 4.74 Å². The van der Waals surface area contributed by atoms with Crippen molar-refractivity contribution in [2.45, 2.75) is 20.5 Å². The molecule has 2 heteroatoms. The molecule has 0 atom stereocenters. The lowest BCUT2D eigenvalue weighted by atomic mass is 9.99. The molecule has 2 nitrogen and oxygen atoms in total. The fourth-order valence-corrected chi connectivity index (χ4v) is 1.95. The largest absolute Gasteiger partial charge is 0.488 e. The summed E-state index contributed by atoms with van der Waals surface area (Å²) in [6.07, 6.45) is 0. The van der Waals surface area contributed by atoms with Crippen molar-refractivity contribution in [2.75, 3.05) is 0 Å². The third-order valence-corrected chi connectivity index (χ3v) is 2.78. The summed E-state index contributed by atoms with van der Waals surface area (Å²) in [6.45, 7) is 4.46. The van der Waals surface area contributed by atoms with E-state index in [9.17, 15) is 4.79 Å². The van der Waals surface area contributed by atoms with Crippen molar-refractivity contribution < 1.29 is 9.53 Å². The minimum absolute atomic E-state index is 0.0451. The number of ether oxygens (including phenoxy) is 1. The monoisotopic (exact) mass is 240 g/mol. The molecular formula is C16H16O2. The van der Waals surface area contributed by atoms with Gasteiger partial charge in [0.25, 0.3) is 0 Å². The zero-order chi connectivity index (χ0) is 13.0. The van der Waals surface area contributed by atoms with Gasteiger partial charge >= 0.3 is 0 Å². The quantitative estimate of drug-likeness (QED) is 0.699. The van der Waals surface area contributed by atoms with Crippen molar-refractivity contribution in [3.63, 3.8) is 0 Å². The Morgan fingerprint density at radius 2 is 1.50 bits per heavy atom. The Labute approximate surface area is 107 Å². The number of fused-ring (bicyclic) bond motifs is 2. The van der Waals surface area contributed by atoms with Crippen molar-refractivity contribution in [3.8, 4) is 5.75 Å². The van der Waals surface area contributed by atoms with E-state index in [-0.39, 0.29) is 5.78 Å². The van der Waals surface area contributed by atoms with Crippen LogP contribution >= 0.6 is 0 Å². The highest BCUT2D eigenvalue weighted by atomic mass is 16.5. The molecule has 1 aliphatic heterocycles. The van der Waals surface area contributed by atoms with Gasteiger partial charge in [-0.15, -0.1) is 0 Å². The normalized spacial score (nSPS) is 12.2. The Hall–Kier alpha value is -2.09. The van der Waals surface area contributed by atoms with E-state index in [0.29, 0.717) is 17.9 Å². The van der Waals surface area contributed by atoms with Gasteiger partial charge in [-0.05, 0) is 12.1 Å². The average molecular weight is 240 g/mol. The maximum absolute atomic E-state index is 12.2. The van der Waals surface area contributed by atoms with Gasteiger partial charge in [-0.2, -0.15) is 0 Å². The summed E-state index contributed by atoms with van der Waals surface area (Å²) in [7, 11) is 0. The minimum Gasteiger partial charge on any atom is -0.488 e. The van der Waals surface area contributed by atoms with Crippen molar-refractivity contribution in [1.29, 1.82) is 0 Å². The van der Waals surface area contributed by atoms with Crippen LogP contribution in [0.3, 0.4) is 0 Å². The van der Waals surface area contributed by atoms with Gasteiger partial charge in [0, 0.05) is 11.1 Å². The first-order valence-electron chi connectivity index (χ1n) is 6.21. The molecule has 0 aromatic heterocycles. The number of carbonyl (C=O) groups excluding carboxylic acids is 1. The number of hydrogen-bond acceptors (Lipinski definition) is 2. The number of hydrogen-bond donors (Lipinski definition) is 0. The van der Waals surface area contributed by atoms with E-state index in [1.165, 1.54) is 0 Å². The molecule has 0 unspecified atom stereocenters. The van der Waals surface area contributed by atoms with Gasteiger partial charge in [0.15, 0.2) is 5.78 Å². The number of benzene rings is 2.